The Kier molecular flexibility index (Phi) is 6.94. The van der Waals surface area contributed by atoms with Crippen LogP contribution in [0.5, 0.6) is 11.5 Å². The predicted octanol–water partition coefficient (Wildman–Crippen LogP) is 4.98. The lowest BCUT2D eigenvalue weighted by Gasteiger charge is -2.26. The molecule has 1 heterocycles. The average molecular weight is 477 g/mol. The summed E-state index contributed by atoms with van der Waals surface area (Å²) in [5, 5.41) is 2.82. The van der Waals surface area contributed by atoms with Gasteiger partial charge in [-0.05, 0) is 61.0 Å². The van der Waals surface area contributed by atoms with E-state index in [1.54, 1.807) is 54.6 Å². The Morgan fingerprint density at radius 1 is 0.912 bits per heavy atom. The van der Waals surface area contributed by atoms with Gasteiger partial charge in [-0.1, -0.05) is 41.9 Å². The van der Waals surface area contributed by atoms with Gasteiger partial charge in [-0.25, -0.2) is 9.69 Å². The SMILES string of the molecule is CCOc1cccc(/C=C2/C(=O)NC(=O)N(c3ccc(OCc4ccccc4Cl)cc3)C2=O)c1. The summed E-state index contributed by atoms with van der Waals surface area (Å²) in [6.07, 6.45) is 1.43. The number of benzene rings is 3. The molecule has 0 aromatic heterocycles. The Balaban J connectivity index is 1.53. The third-order valence-corrected chi connectivity index (χ3v) is 5.40. The number of nitrogens with one attached hydrogen (secondary N) is 1. The van der Waals surface area contributed by atoms with Crippen molar-refractivity contribution in [3.05, 3.63) is 94.5 Å². The molecule has 0 saturated carbocycles. The van der Waals surface area contributed by atoms with Crippen molar-refractivity contribution in [2.45, 2.75) is 13.5 Å². The second-order valence-corrected chi connectivity index (χ2v) is 7.74. The first-order valence-corrected chi connectivity index (χ1v) is 10.9. The Morgan fingerprint density at radius 3 is 2.41 bits per heavy atom. The number of imide groups is 2. The van der Waals surface area contributed by atoms with Crippen LogP contribution >= 0.6 is 11.6 Å². The molecule has 34 heavy (non-hydrogen) atoms. The summed E-state index contributed by atoms with van der Waals surface area (Å²) in [5.74, 6) is -0.331. The first kappa shape index (κ1) is 23.1. The second-order valence-electron chi connectivity index (χ2n) is 7.34. The summed E-state index contributed by atoms with van der Waals surface area (Å²) in [5.41, 5.74) is 1.57. The summed E-state index contributed by atoms with van der Waals surface area (Å²) < 4.78 is 11.2. The number of amides is 4. The number of barbiturate groups is 1. The van der Waals surface area contributed by atoms with Crippen LogP contribution in [-0.2, 0) is 16.2 Å². The van der Waals surface area contributed by atoms with Crippen LogP contribution in [0.15, 0.2) is 78.4 Å². The number of hydrogen-bond acceptors (Lipinski definition) is 5. The normalized spacial score (nSPS) is 14.8. The van der Waals surface area contributed by atoms with Crippen LogP contribution in [0.1, 0.15) is 18.1 Å². The predicted molar refractivity (Wildman–Crippen MR) is 129 cm³/mol. The van der Waals surface area contributed by atoms with Gasteiger partial charge in [0.1, 0.15) is 23.7 Å². The number of ether oxygens (including phenoxy) is 2. The molecule has 0 unspecified atom stereocenters. The van der Waals surface area contributed by atoms with Crippen molar-refractivity contribution >= 4 is 41.2 Å². The van der Waals surface area contributed by atoms with Crippen LogP contribution < -0.4 is 19.7 Å². The van der Waals surface area contributed by atoms with Crippen molar-refractivity contribution in [2.24, 2.45) is 0 Å². The molecule has 4 rings (SSSR count). The van der Waals surface area contributed by atoms with Crippen LogP contribution in [0.3, 0.4) is 0 Å². The van der Waals surface area contributed by atoms with E-state index in [1.807, 2.05) is 25.1 Å². The lowest BCUT2D eigenvalue weighted by Crippen LogP contribution is -2.54. The van der Waals surface area contributed by atoms with E-state index in [2.05, 4.69) is 5.32 Å². The van der Waals surface area contributed by atoms with Gasteiger partial charge in [0.05, 0.1) is 12.3 Å². The summed E-state index contributed by atoms with van der Waals surface area (Å²) >= 11 is 6.15. The third kappa shape index (κ3) is 5.10. The molecule has 1 saturated heterocycles. The maximum Gasteiger partial charge on any atom is 0.335 e. The lowest BCUT2D eigenvalue weighted by molar-refractivity contribution is -0.122. The van der Waals surface area contributed by atoms with Gasteiger partial charge < -0.3 is 9.47 Å². The van der Waals surface area contributed by atoms with Crippen molar-refractivity contribution in [3.8, 4) is 11.5 Å². The summed E-state index contributed by atoms with van der Waals surface area (Å²) in [7, 11) is 0. The first-order chi connectivity index (χ1) is 16.5. The van der Waals surface area contributed by atoms with Crippen LogP contribution in [0.25, 0.3) is 6.08 Å². The smallest absolute Gasteiger partial charge is 0.335 e. The van der Waals surface area contributed by atoms with Gasteiger partial charge in [0.2, 0.25) is 0 Å². The molecule has 0 atom stereocenters. The molecule has 1 N–H and O–H groups in total. The molecule has 0 spiro atoms. The van der Waals surface area contributed by atoms with Gasteiger partial charge in [-0.3, -0.25) is 14.9 Å². The lowest BCUT2D eigenvalue weighted by atomic mass is 10.1. The number of carbonyl (C=O) groups is 3. The Bertz CT molecular complexity index is 1270. The largest absolute Gasteiger partial charge is 0.494 e. The monoisotopic (exact) mass is 476 g/mol. The van der Waals surface area contributed by atoms with E-state index in [9.17, 15) is 14.4 Å². The number of hydrogen-bond donors (Lipinski definition) is 1. The van der Waals surface area contributed by atoms with Gasteiger partial charge >= 0.3 is 6.03 Å². The van der Waals surface area contributed by atoms with E-state index in [4.69, 9.17) is 21.1 Å². The summed E-state index contributed by atoms with van der Waals surface area (Å²) in [6, 6.07) is 19.9. The van der Waals surface area contributed by atoms with E-state index in [0.717, 1.165) is 10.5 Å². The van der Waals surface area contributed by atoms with E-state index in [-0.39, 0.29) is 12.2 Å². The molecule has 3 aromatic carbocycles. The van der Waals surface area contributed by atoms with Gasteiger partial charge in [-0.2, -0.15) is 0 Å². The number of anilines is 1. The highest BCUT2D eigenvalue weighted by atomic mass is 35.5. The molecule has 8 heteroatoms. The average Bonchev–Trinajstić information content (AvgIpc) is 2.82. The van der Waals surface area contributed by atoms with Crippen molar-refractivity contribution in [1.29, 1.82) is 0 Å². The van der Waals surface area contributed by atoms with Gasteiger partial charge in [-0.15, -0.1) is 0 Å². The van der Waals surface area contributed by atoms with E-state index in [0.29, 0.717) is 34.4 Å². The molecule has 0 radical (unpaired) electrons. The molecule has 0 bridgehead atoms. The molecule has 7 nitrogen and oxygen atoms in total. The zero-order valence-corrected chi connectivity index (χ0v) is 19.0. The van der Waals surface area contributed by atoms with Crippen molar-refractivity contribution in [3.63, 3.8) is 0 Å². The molecule has 1 aliphatic heterocycles. The van der Waals surface area contributed by atoms with Crippen molar-refractivity contribution < 1.29 is 23.9 Å². The fourth-order valence-corrected chi connectivity index (χ4v) is 3.58. The number of nitrogens with zero attached hydrogens (tertiary/aromatic N) is 1. The molecule has 1 fully saturated rings. The highest BCUT2D eigenvalue weighted by Gasteiger charge is 2.36. The maximum absolute atomic E-state index is 13.1. The number of carbonyl (C=O) groups excluding carboxylic acids is 3. The molecule has 3 aromatic rings. The van der Waals surface area contributed by atoms with Gasteiger partial charge in [0.25, 0.3) is 11.8 Å². The zero-order valence-electron chi connectivity index (χ0n) is 18.3. The van der Waals surface area contributed by atoms with Gasteiger partial charge in [0, 0.05) is 10.6 Å². The Morgan fingerprint density at radius 2 is 1.68 bits per heavy atom. The van der Waals surface area contributed by atoms with Crippen LogP contribution in [-0.4, -0.2) is 24.5 Å². The highest BCUT2D eigenvalue weighted by Crippen LogP contribution is 2.26. The fourth-order valence-electron chi connectivity index (χ4n) is 3.39. The number of urea groups is 1. The third-order valence-electron chi connectivity index (χ3n) is 5.03. The van der Waals surface area contributed by atoms with Gasteiger partial charge in [0.15, 0.2) is 0 Å². The second kappa shape index (κ2) is 10.2. The fraction of sp³-hybridized carbons (Fsp3) is 0.115. The zero-order chi connectivity index (χ0) is 24.1. The number of halogens is 1. The van der Waals surface area contributed by atoms with E-state index < -0.39 is 17.8 Å². The number of rotatable bonds is 7. The topological polar surface area (TPSA) is 84.9 Å². The molecular weight excluding hydrogens is 456 g/mol. The molecule has 172 valence electrons. The quantitative estimate of drug-likeness (QED) is 0.384. The maximum atomic E-state index is 13.1. The van der Waals surface area contributed by atoms with E-state index in [1.165, 1.54) is 6.08 Å². The minimum absolute atomic E-state index is 0.160. The van der Waals surface area contributed by atoms with Crippen LogP contribution in [0.2, 0.25) is 5.02 Å². The molecule has 4 amide bonds. The van der Waals surface area contributed by atoms with Crippen LogP contribution in [0, 0.1) is 0 Å². The van der Waals surface area contributed by atoms with Crippen LogP contribution in [0.4, 0.5) is 10.5 Å². The first-order valence-electron chi connectivity index (χ1n) is 10.6. The Labute approximate surface area is 201 Å². The minimum Gasteiger partial charge on any atom is -0.494 e. The van der Waals surface area contributed by atoms with Crippen molar-refractivity contribution in [1.82, 2.24) is 5.32 Å². The van der Waals surface area contributed by atoms with Crippen molar-refractivity contribution in [2.75, 3.05) is 11.5 Å². The molecular formula is C26H21ClN2O5. The molecule has 0 aliphatic carbocycles. The standard InChI is InChI=1S/C26H21ClN2O5/c1-2-33-21-8-5-6-17(14-21)15-22-24(30)28-26(32)29(25(22)31)19-10-12-20(13-11-19)34-16-18-7-3-4-9-23(18)27/h3-15H,2,16H2,1H3,(H,28,30,32)/b22-15-. The summed E-state index contributed by atoms with van der Waals surface area (Å²) in [6.45, 7) is 2.62. The van der Waals surface area contributed by atoms with E-state index >= 15 is 0 Å². The highest BCUT2D eigenvalue weighted by molar-refractivity contribution is 6.39. The molecule has 1 aliphatic rings. The summed E-state index contributed by atoms with van der Waals surface area (Å²) in [4.78, 5) is 38.9. The minimum atomic E-state index is -0.819. The Hall–Kier alpha value is -4.10.